The first-order chi connectivity index (χ1) is 11.1. The van der Waals surface area contributed by atoms with Gasteiger partial charge in [-0.05, 0) is 36.9 Å². The van der Waals surface area contributed by atoms with Crippen LogP contribution in [0, 0.1) is 0 Å². The molecule has 0 bridgehead atoms. The van der Waals surface area contributed by atoms with Crippen LogP contribution in [0.2, 0.25) is 0 Å². The number of carboxylic acid groups (broad SMARTS) is 1. The number of H-pyrrole nitrogens is 1. The third kappa shape index (κ3) is 2.98. The van der Waals surface area contributed by atoms with Crippen LogP contribution in [0.5, 0.6) is 0 Å². The van der Waals surface area contributed by atoms with Crippen LogP contribution in [0.25, 0.3) is 10.9 Å². The summed E-state index contributed by atoms with van der Waals surface area (Å²) in [5.41, 5.74) is 4.10. The summed E-state index contributed by atoms with van der Waals surface area (Å²) in [6, 6.07) is 16.1. The molecule has 1 heterocycles. The zero-order valence-corrected chi connectivity index (χ0v) is 13.3. The van der Waals surface area contributed by atoms with Crippen LogP contribution in [0.3, 0.4) is 0 Å². The molecule has 4 nitrogen and oxygen atoms in total. The second kappa shape index (κ2) is 6.26. The van der Waals surface area contributed by atoms with Gasteiger partial charge in [-0.3, -0.25) is 9.69 Å². The van der Waals surface area contributed by atoms with Crippen LogP contribution in [0.1, 0.15) is 22.7 Å². The lowest BCUT2D eigenvalue weighted by molar-refractivity contribution is -0.136. The van der Waals surface area contributed by atoms with E-state index in [0.717, 1.165) is 22.0 Å². The fraction of sp³-hybridized carbons (Fsp3) is 0.211. The van der Waals surface area contributed by atoms with Crippen LogP contribution < -0.4 is 0 Å². The van der Waals surface area contributed by atoms with Gasteiger partial charge in [0.05, 0.1) is 12.5 Å². The van der Waals surface area contributed by atoms with Gasteiger partial charge in [-0.15, -0.1) is 0 Å². The van der Waals surface area contributed by atoms with Crippen molar-refractivity contribution in [2.75, 3.05) is 14.1 Å². The SMILES string of the molecule is CN(C)C(c1ccccc1)c1c[nH]c2cccc(CC(=O)O)c12. The number of rotatable bonds is 5. The van der Waals surface area contributed by atoms with Crippen LogP contribution in [-0.4, -0.2) is 35.1 Å². The van der Waals surface area contributed by atoms with Crippen molar-refractivity contribution in [1.82, 2.24) is 9.88 Å². The molecular formula is C19H20N2O2. The van der Waals surface area contributed by atoms with Gasteiger partial charge in [-0.1, -0.05) is 42.5 Å². The van der Waals surface area contributed by atoms with E-state index in [2.05, 4.69) is 22.0 Å². The highest BCUT2D eigenvalue weighted by Crippen LogP contribution is 2.34. The molecule has 1 unspecified atom stereocenters. The largest absolute Gasteiger partial charge is 0.481 e. The number of hydrogen-bond donors (Lipinski definition) is 2. The van der Waals surface area contributed by atoms with E-state index in [1.165, 1.54) is 5.56 Å². The first-order valence-corrected chi connectivity index (χ1v) is 7.60. The number of aromatic nitrogens is 1. The number of benzene rings is 2. The standard InChI is InChI=1S/C19H20N2O2/c1-21(2)19(13-7-4-3-5-8-13)15-12-20-16-10-6-9-14(18(15)16)11-17(22)23/h3-10,12,19-20H,11H2,1-2H3,(H,22,23). The molecule has 118 valence electrons. The number of nitrogens with one attached hydrogen (secondary N) is 1. The fourth-order valence-electron chi connectivity index (χ4n) is 3.21. The lowest BCUT2D eigenvalue weighted by Gasteiger charge is -2.25. The Kier molecular flexibility index (Phi) is 4.17. The van der Waals surface area contributed by atoms with Gasteiger partial charge in [0.2, 0.25) is 0 Å². The molecule has 0 saturated heterocycles. The number of carbonyl (C=O) groups is 1. The average Bonchev–Trinajstić information content (AvgIpc) is 2.93. The van der Waals surface area contributed by atoms with E-state index in [0.29, 0.717) is 0 Å². The molecule has 1 aromatic heterocycles. The molecule has 0 radical (unpaired) electrons. The Hall–Kier alpha value is -2.59. The third-order valence-corrected chi connectivity index (χ3v) is 4.09. The fourth-order valence-corrected chi connectivity index (χ4v) is 3.21. The molecule has 0 spiro atoms. The molecule has 0 amide bonds. The molecule has 0 aliphatic carbocycles. The molecule has 3 aromatic rings. The molecule has 0 fully saturated rings. The molecule has 2 aromatic carbocycles. The van der Waals surface area contributed by atoms with Crippen molar-refractivity contribution in [3.8, 4) is 0 Å². The maximum Gasteiger partial charge on any atom is 0.307 e. The lowest BCUT2D eigenvalue weighted by atomic mass is 9.94. The monoisotopic (exact) mass is 308 g/mol. The molecule has 1 atom stereocenters. The summed E-state index contributed by atoms with van der Waals surface area (Å²) < 4.78 is 0. The van der Waals surface area contributed by atoms with Gasteiger partial charge in [0.15, 0.2) is 0 Å². The highest BCUT2D eigenvalue weighted by molar-refractivity contribution is 5.90. The number of nitrogens with zero attached hydrogens (tertiary/aromatic N) is 1. The van der Waals surface area contributed by atoms with Crippen molar-refractivity contribution in [2.45, 2.75) is 12.5 Å². The van der Waals surface area contributed by atoms with E-state index in [-0.39, 0.29) is 12.5 Å². The molecule has 2 N–H and O–H groups in total. The predicted molar refractivity (Wildman–Crippen MR) is 91.6 cm³/mol. The Morgan fingerprint density at radius 3 is 2.52 bits per heavy atom. The molecule has 0 aliphatic rings. The highest BCUT2D eigenvalue weighted by Gasteiger charge is 2.22. The van der Waals surface area contributed by atoms with E-state index in [4.69, 9.17) is 0 Å². The van der Waals surface area contributed by atoms with Crippen LogP contribution in [-0.2, 0) is 11.2 Å². The Balaban J connectivity index is 2.19. The minimum Gasteiger partial charge on any atom is -0.481 e. The second-order valence-electron chi connectivity index (χ2n) is 5.93. The maximum absolute atomic E-state index is 11.2. The number of aromatic amines is 1. The molecule has 0 aliphatic heterocycles. The Morgan fingerprint density at radius 1 is 1.13 bits per heavy atom. The first-order valence-electron chi connectivity index (χ1n) is 7.60. The number of fused-ring (bicyclic) bond motifs is 1. The second-order valence-corrected chi connectivity index (χ2v) is 5.93. The van der Waals surface area contributed by atoms with E-state index < -0.39 is 5.97 Å². The Morgan fingerprint density at radius 2 is 1.87 bits per heavy atom. The normalized spacial score (nSPS) is 12.7. The van der Waals surface area contributed by atoms with Crippen molar-refractivity contribution in [3.05, 3.63) is 71.4 Å². The highest BCUT2D eigenvalue weighted by atomic mass is 16.4. The maximum atomic E-state index is 11.2. The van der Waals surface area contributed by atoms with Crippen LogP contribution in [0.15, 0.2) is 54.7 Å². The van der Waals surface area contributed by atoms with Gasteiger partial charge in [-0.25, -0.2) is 0 Å². The summed E-state index contributed by atoms with van der Waals surface area (Å²) in [4.78, 5) is 16.6. The Bertz CT molecular complexity index is 822. The number of carboxylic acids is 1. The van der Waals surface area contributed by atoms with Crippen molar-refractivity contribution >= 4 is 16.9 Å². The molecular weight excluding hydrogens is 288 g/mol. The van der Waals surface area contributed by atoms with E-state index in [1.54, 1.807) is 0 Å². The van der Waals surface area contributed by atoms with Crippen LogP contribution in [0.4, 0.5) is 0 Å². The summed E-state index contributed by atoms with van der Waals surface area (Å²) in [6.45, 7) is 0. The first kappa shape index (κ1) is 15.3. The Labute approximate surface area is 135 Å². The van der Waals surface area contributed by atoms with Gasteiger partial charge < -0.3 is 10.1 Å². The third-order valence-electron chi connectivity index (χ3n) is 4.09. The zero-order valence-electron chi connectivity index (χ0n) is 13.3. The summed E-state index contributed by atoms with van der Waals surface area (Å²) >= 11 is 0. The molecule has 3 rings (SSSR count). The lowest BCUT2D eigenvalue weighted by Crippen LogP contribution is -2.21. The van der Waals surface area contributed by atoms with Crippen LogP contribution >= 0.6 is 0 Å². The van der Waals surface area contributed by atoms with Crippen molar-refractivity contribution in [2.24, 2.45) is 0 Å². The molecule has 0 saturated carbocycles. The molecule has 4 heteroatoms. The van der Waals surface area contributed by atoms with Gasteiger partial charge in [0.1, 0.15) is 0 Å². The minimum atomic E-state index is -0.814. The number of hydrogen-bond acceptors (Lipinski definition) is 2. The van der Waals surface area contributed by atoms with E-state index >= 15 is 0 Å². The van der Waals surface area contributed by atoms with Gasteiger partial charge in [0, 0.05) is 17.1 Å². The smallest absolute Gasteiger partial charge is 0.307 e. The van der Waals surface area contributed by atoms with Gasteiger partial charge in [0.25, 0.3) is 0 Å². The topological polar surface area (TPSA) is 56.3 Å². The van der Waals surface area contributed by atoms with E-state index in [9.17, 15) is 9.90 Å². The van der Waals surface area contributed by atoms with E-state index in [1.807, 2.05) is 56.7 Å². The average molecular weight is 308 g/mol. The van der Waals surface area contributed by atoms with Crippen molar-refractivity contribution < 1.29 is 9.90 Å². The predicted octanol–water partition coefficient (Wildman–Crippen LogP) is 3.45. The summed E-state index contributed by atoms with van der Waals surface area (Å²) in [5.74, 6) is -0.814. The van der Waals surface area contributed by atoms with Gasteiger partial charge >= 0.3 is 5.97 Å². The minimum absolute atomic E-state index is 0.0249. The quantitative estimate of drug-likeness (QED) is 0.759. The zero-order chi connectivity index (χ0) is 16.4. The molecule has 23 heavy (non-hydrogen) atoms. The number of aliphatic carboxylic acids is 1. The van der Waals surface area contributed by atoms with Crippen molar-refractivity contribution in [3.63, 3.8) is 0 Å². The van der Waals surface area contributed by atoms with Crippen molar-refractivity contribution in [1.29, 1.82) is 0 Å². The summed E-state index contributed by atoms with van der Waals surface area (Å²) in [7, 11) is 4.08. The summed E-state index contributed by atoms with van der Waals surface area (Å²) in [5, 5.41) is 10.2. The van der Waals surface area contributed by atoms with Gasteiger partial charge in [-0.2, -0.15) is 0 Å². The summed E-state index contributed by atoms with van der Waals surface area (Å²) in [6.07, 6.45) is 2.02.